The number of hydrogen-bond donors (Lipinski definition) is 3. The van der Waals surface area contributed by atoms with Crippen LogP contribution in [0.5, 0.6) is 0 Å². The maximum atomic E-state index is 11.9. The van der Waals surface area contributed by atoms with Gasteiger partial charge in [-0.15, -0.1) is 11.3 Å². The second-order valence-electron chi connectivity index (χ2n) is 4.41. The predicted molar refractivity (Wildman–Crippen MR) is 80.2 cm³/mol. The molecule has 2 rings (SSSR count). The smallest absolute Gasteiger partial charge is 0.330 e. The van der Waals surface area contributed by atoms with Crippen molar-refractivity contribution >= 4 is 22.8 Å². The van der Waals surface area contributed by atoms with Gasteiger partial charge in [0, 0.05) is 18.1 Å². The van der Waals surface area contributed by atoms with Gasteiger partial charge in [0.1, 0.15) is 16.5 Å². The van der Waals surface area contributed by atoms with E-state index in [1.54, 1.807) is 6.20 Å². The number of H-pyrrole nitrogens is 1. The maximum absolute atomic E-state index is 11.9. The van der Waals surface area contributed by atoms with Crippen LogP contribution >= 0.6 is 11.3 Å². The summed E-state index contributed by atoms with van der Waals surface area (Å²) in [6.07, 6.45) is 2.45. The Morgan fingerprint density at radius 1 is 1.55 bits per heavy atom. The van der Waals surface area contributed by atoms with Crippen LogP contribution in [0.1, 0.15) is 31.3 Å². The van der Waals surface area contributed by atoms with Gasteiger partial charge in [0.2, 0.25) is 0 Å². The minimum Gasteiger partial charge on any atom is -0.383 e. The highest BCUT2D eigenvalue weighted by molar-refractivity contribution is 7.09. The molecule has 0 radical (unpaired) electrons. The first kappa shape index (κ1) is 14.3. The molecule has 0 aliphatic heterocycles. The number of nitrogens with one attached hydrogen (secondary N) is 2. The summed E-state index contributed by atoms with van der Waals surface area (Å²) in [5.41, 5.74) is 5.15. The lowest BCUT2D eigenvalue weighted by Gasteiger charge is -2.16. The Hall–Kier alpha value is -2.09. The van der Waals surface area contributed by atoms with E-state index >= 15 is 0 Å². The third kappa shape index (κ3) is 2.74. The zero-order valence-electron chi connectivity index (χ0n) is 11.3. The van der Waals surface area contributed by atoms with Gasteiger partial charge in [-0.2, -0.15) is 0 Å². The Bertz CT molecular complexity index is 689. The van der Waals surface area contributed by atoms with Crippen LogP contribution in [-0.2, 0) is 6.54 Å². The molecule has 4 N–H and O–H groups in total. The van der Waals surface area contributed by atoms with Gasteiger partial charge < -0.3 is 11.1 Å². The summed E-state index contributed by atoms with van der Waals surface area (Å²) in [5, 5.41) is 5.73. The van der Waals surface area contributed by atoms with Gasteiger partial charge in [-0.3, -0.25) is 14.3 Å². The molecule has 0 aliphatic carbocycles. The summed E-state index contributed by atoms with van der Waals surface area (Å²) in [5.74, 6) is 0.156. The average molecular weight is 295 g/mol. The van der Waals surface area contributed by atoms with Crippen LogP contribution in [-0.4, -0.2) is 14.5 Å². The van der Waals surface area contributed by atoms with Gasteiger partial charge >= 0.3 is 5.69 Å². The van der Waals surface area contributed by atoms with Crippen molar-refractivity contribution in [1.29, 1.82) is 0 Å². The predicted octanol–water partition coefficient (Wildman–Crippen LogP) is 1.16. The Morgan fingerprint density at radius 2 is 2.30 bits per heavy atom. The van der Waals surface area contributed by atoms with E-state index in [1.165, 1.54) is 15.9 Å². The molecular formula is C12H17N5O2S. The molecule has 0 saturated carbocycles. The zero-order valence-corrected chi connectivity index (χ0v) is 12.2. The minimum atomic E-state index is -0.511. The van der Waals surface area contributed by atoms with Crippen LogP contribution in [0, 0.1) is 0 Å². The number of anilines is 2. The first-order valence-electron chi connectivity index (χ1n) is 6.33. The highest BCUT2D eigenvalue weighted by Gasteiger charge is 2.15. The van der Waals surface area contributed by atoms with Gasteiger partial charge in [-0.1, -0.05) is 6.92 Å². The minimum absolute atomic E-state index is 0.156. The number of thiazole rings is 1. The second-order valence-corrected chi connectivity index (χ2v) is 5.33. The molecule has 0 fully saturated rings. The van der Waals surface area contributed by atoms with Crippen LogP contribution in [0.2, 0.25) is 0 Å². The van der Waals surface area contributed by atoms with Crippen molar-refractivity contribution in [2.45, 2.75) is 32.9 Å². The van der Waals surface area contributed by atoms with E-state index in [0.29, 0.717) is 6.54 Å². The van der Waals surface area contributed by atoms with Crippen LogP contribution in [0.4, 0.5) is 11.5 Å². The van der Waals surface area contributed by atoms with E-state index in [2.05, 4.69) is 15.3 Å². The molecule has 2 aromatic rings. The van der Waals surface area contributed by atoms with Crippen molar-refractivity contribution in [2.75, 3.05) is 11.1 Å². The molecule has 7 nitrogen and oxygen atoms in total. The number of rotatable bonds is 5. The molecular weight excluding hydrogens is 278 g/mol. The largest absolute Gasteiger partial charge is 0.383 e. The van der Waals surface area contributed by atoms with Crippen molar-refractivity contribution in [3.05, 3.63) is 37.4 Å². The lowest BCUT2D eigenvalue weighted by Crippen LogP contribution is -2.34. The Labute approximate surface area is 119 Å². The summed E-state index contributed by atoms with van der Waals surface area (Å²) >= 11 is 1.48. The fourth-order valence-electron chi connectivity index (χ4n) is 1.90. The Balaban J connectivity index is 2.39. The molecule has 20 heavy (non-hydrogen) atoms. The first-order valence-corrected chi connectivity index (χ1v) is 7.21. The molecule has 0 amide bonds. The number of aromatic amines is 1. The molecule has 8 heteroatoms. The lowest BCUT2D eigenvalue weighted by atomic mass is 10.3. The Kier molecular flexibility index (Phi) is 4.23. The van der Waals surface area contributed by atoms with Crippen molar-refractivity contribution in [2.24, 2.45) is 0 Å². The number of nitrogen functional groups attached to an aromatic ring is 1. The molecule has 0 saturated heterocycles. The van der Waals surface area contributed by atoms with Gasteiger partial charge in [0.15, 0.2) is 0 Å². The molecule has 2 aromatic heterocycles. The van der Waals surface area contributed by atoms with Crippen LogP contribution in [0.25, 0.3) is 0 Å². The quantitative estimate of drug-likeness (QED) is 0.767. The SMILES string of the molecule is CCCn1c(N)c(NC(C)c2nccs2)c(=O)[nH]c1=O. The van der Waals surface area contributed by atoms with Gasteiger partial charge in [-0.05, 0) is 13.3 Å². The average Bonchev–Trinajstić information content (AvgIpc) is 2.93. The van der Waals surface area contributed by atoms with E-state index in [9.17, 15) is 9.59 Å². The molecule has 1 unspecified atom stereocenters. The third-order valence-corrected chi connectivity index (χ3v) is 3.83. The van der Waals surface area contributed by atoms with E-state index in [-0.39, 0.29) is 17.5 Å². The number of nitrogens with two attached hydrogens (primary N) is 1. The monoisotopic (exact) mass is 295 g/mol. The molecule has 0 aliphatic rings. The summed E-state index contributed by atoms with van der Waals surface area (Å²) in [6, 6.07) is -0.161. The third-order valence-electron chi connectivity index (χ3n) is 2.87. The summed E-state index contributed by atoms with van der Waals surface area (Å²) in [6.45, 7) is 4.27. The fourth-order valence-corrected chi connectivity index (χ4v) is 2.55. The molecule has 1 atom stereocenters. The van der Waals surface area contributed by atoms with Gasteiger partial charge in [0.25, 0.3) is 5.56 Å². The van der Waals surface area contributed by atoms with Gasteiger partial charge in [-0.25, -0.2) is 9.78 Å². The summed E-state index contributed by atoms with van der Waals surface area (Å²) in [4.78, 5) is 30.1. The number of aromatic nitrogens is 3. The molecule has 2 heterocycles. The van der Waals surface area contributed by atoms with E-state index in [0.717, 1.165) is 11.4 Å². The standard InChI is InChI=1S/C12H17N5O2S/c1-3-5-17-9(13)8(10(18)16-12(17)19)15-7(2)11-14-4-6-20-11/h4,6-7,15H,3,5,13H2,1-2H3,(H,16,18,19). The lowest BCUT2D eigenvalue weighted by molar-refractivity contribution is 0.641. The molecule has 0 aromatic carbocycles. The second kappa shape index (κ2) is 5.91. The van der Waals surface area contributed by atoms with Crippen LogP contribution in [0.3, 0.4) is 0 Å². The van der Waals surface area contributed by atoms with Gasteiger partial charge in [0.05, 0.1) is 6.04 Å². The van der Waals surface area contributed by atoms with E-state index in [4.69, 9.17) is 5.73 Å². The highest BCUT2D eigenvalue weighted by atomic mass is 32.1. The highest BCUT2D eigenvalue weighted by Crippen LogP contribution is 2.21. The fraction of sp³-hybridized carbons (Fsp3) is 0.417. The Morgan fingerprint density at radius 3 is 2.90 bits per heavy atom. The number of nitrogens with zero attached hydrogens (tertiary/aromatic N) is 2. The normalized spacial score (nSPS) is 12.3. The van der Waals surface area contributed by atoms with Crippen molar-refractivity contribution in [3.63, 3.8) is 0 Å². The van der Waals surface area contributed by atoms with E-state index in [1.807, 2.05) is 19.2 Å². The van der Waals surface area contributed by atoms with Crippen LogP contribution in [0.15, 0.2) is 21.2 Å². The zero-order chi connectivity index (χ0) is 14.7. The van der Waals surface area contributed by atoms with Crippen molar-refractivity contribution in [3.8, 4) is 0 Å². The number of hydrogen-bond acceptors (Lipinski definition) is 6. The van der Waals surface area contributed by atoms with E-state index < -0.39 is 11.2 Å². The summed E-state index contributed by atoms with van der Waals surface area (Å²) in [7, 11) is 0. The van der Waals surface area contributed by atoms with Crippen LogP contribution < -0.4 is 22.3 Å². The molecule has 0 bridgehead atoms. The maximum Gasteiger partial charge on any atom is 0.330 e. The topological polar surface area (TPSA) is 106 Å². The molecule has 0 spiro atoms. The first-order chi connectivity index (χ1) is 9.54. The summed E-state index contributed by atoms with van der Waals surface area (Å²) < 4.78 is 1.36. The van der Waals surface area contributed by atoms with Crippen molar-refractivity contribution in [1.82, 2.24) is 14.5 Å². The van der Waals surface area contributed by atoms with Crippen molar-refractivity contribution < 1.29 is 0 Å². The molecule has 108 valence electrons.